The average Bonchev–Trinajstić information content (AvgIpc) is 2.87. The largest absolute Gasteiger partial charge is 0.491 e. The molecule has 0 radical (unpaired) electrons. The highest BCUT2D eigenvalue weighted by Crippen LogP contribution is 2.23. The van der Waals surface area contributed by atoms with Gasteiger partial charge in [-0.15, -0.1) is 0 Å². The molecule has 4 nitrogen and oxygen atoms in total. The van der Waals surface area contributed by atoms with Crippen molar-refractivity contribution >= 4 is 0 Å². The van der Waals surface area contributed by atoms with Crippen molar-refractivity contribution in [2.24, 2.45) is 0 Å². The lowest BCUT2D eigenvalue weighted by molar-refractivity contribution is 0.340. The first-order valence-corrected chi connectivity index (χ1v) is 6.38. The maximum absolute atomic E-state index is 5.46. The average molecular weight is 243 g/mol. The third-order valence-corrected chi connectivity index (χ3v) is 3.23. The third-order valence-electron chi connectivity index (χ3n) is 3.23. The van der Waals surface area contributed by atoms with E-state index in [0.717, 1.165) is 25.3 Å². The summed E-state index contributed by atoms with van der Waals surface area (Å²) in [6.07, 6.45) is 4.76. The van der Waals surface area contributed by atoms with Gasteiger partial charge in [0.1, 0.15) is 0 Å². The zero-order valence-corrected chi connectivity index (χ0v) is 10.5. The fourth-order valence-corrected chi connectivity index (χ4v) is 2.41. The zero-order chi connectivity index (χ0) is 12.4. The first-order valence-electron chi connectivity index (χ1n) is 6.38. The van der Waals surface area contributed by atoms with E-state index in [9.17, 15) is 0 Å². The molecular formula is C14H17N3O. The lowest BCUT2D eigenvalue weighted by Crippen LogP contribution is -2.24. The Hall–Kier alpha value is -1.81. The van der Waals surface area contributed by atoms with Gasteiger partial charge in [0, 0.05) is 6.54 Å². The molecular weight excluding hydrogens is 226 g/mol. The van der Waals surface area contributed by atoms with Gasteiger partial charge in [0.2, 0.25) is 0 Å². The Kier molecular flexibility index (Phi) is 3.02. The van der Waals surface area contributed by atoms with Crippen molar-refractivity contribution in [3.05, 3.63) is 41.7 Å². The van der Waals surface area contributed by atoms with Crippen LogP contribution in [0, 0.1) is 0 Å². The van der Waals surface area contributed by atoms with E-state index in [1.54, 1.807) is 6.20 Å². The van der Waals surface area contributed by atoms with Crippen LogP contribution in [0.1, 0.15) is 18.1 Å². The van der Waals surface area contributed by atoms with E-state index in [-0.39, 0.29) is 0 Å². The van der Waals surface area contributed by atoms with Crippen molar-refractivity contribution in [1.82, 2.24) is 15.1 Å². The van der Waals surface area contributed by atoms with Crippen LogP contribution in [-0.2, 0) is 13.0 Å². The van der Waals surface area contributed by atoms with Crippen LogP contribution in [0.25, 0.3) is 5.69 Å². The van der Waals surface area contributed by atoms with Gasteiger partial charge in [0.15, 0.2) is 5.75 Å². The molecule has 0 spiro atoms. The number of nitrogens with one attached hydrogen (secondary N) is 1. The second-order valence-electron chi connectivity index (χ2n) is 4.40. The van der Waals surface area contributed by atoms with E-state index >= 15 is 0 Å². The Morgan fingerprint density at radius 3 is 3.28 bits per heavy atom. The molecule has 1 aromatic carbocycles. The van der Waals surface area contributed by atoms with Crippen molar-refractivity contribution in [3.8, 4) is 11.4 Å². The Bertz CT molecular complexity index is 548. The molecule has 94 valence electrons. The number of aromatic nitrogens is 2. The van der Waals surface area contributed by atoms with Crippen LogP contribution in [0.5, 0.6) is 5.75 Å². The Labute approximate surface area is 107 Å². The van der Waals surface area contributed by atoms with Crippen LogP contribution < -0.4 is 10.1 Å². The summed E-state index contributed by atoms with van der Waals surface area (Å²) < 4.78 is 7.37. The lowest BCUT2D eigenvalue weighted by atomic mass is 9.99. The highest BCUT2D eigenvalue weighted by molar-refractivity contribution is 5.47. The summed E-state index contributed by atoms with van der Waals surface area (Å²) in [5.41, 5.74) is 3.93. The van der Waals surface area contributed by atoms with Gasteiger partial charge >= 0.3 is 0 Å². The van der Waals surface area contributed by atoms with Crippen LogP contribution in [0.15, 0.2) is 30.6 Å². The second-order valence-corrected chi connectivity index (χ2v) is 4.40. The number of benzene rings is 1. The summed E-state index contributed by atoms with van der Waals surface area (Å²) in [5.74, 6) is 0.823. The van der Waals surface area contributed by atoms with Crippen molar-refractivity contribution in [2.75, 3.05) is 13.2 Å². The SMILES string of the molecule is CCOc1cnn(-c2cccc3c2CCNC3)c1. The van der Waals surface area contributed by atoms with Gasteiger partial charge in [0.25, 0.3) is 0 Å². The molecule has 0 aliphatic carbocycles. The monoisotopic (exact) mass is 243 g/mol. The first-order chi connectivity index (χ1) is 8.88. The molecule has 18 heavy (non-hydrogen) atoms. The number of nitrogens with zero attached hydrogens (tertiary/aromatic N) is 2. The van der Waals surface area contributed by atoms with Crippen LogP contribution >= 0.6 is 0 Å². The van der Waals surface area contributed by atoms with Crippen molar-refractivity contribution in [1.29, 1.82) is 0 Å². The third kappa shape index (κ3) is 1.99. The van der Waals surface area contributed by atoms with Crippen molar-refractivity contribution in [3.63, 3.8) is 0 Å². The molecule has 0 bridgehead atoms. The smallest absolute Gasteiger partial charge is 0.157 e. The molecule has 1 aromatic heterocycles. The molecule has 0 fully saturated rings. The summed E-state index contributed by atoms with van der Waals surface area (Å²) >= 11 is 0. The van der Waals surface area contributed by atoms with E-state index in [2.05, 4.69) is 28.6 Å². The number of ether oxygens (including phenoxy) is 1. The minimum atomic E-state index is 0.669. The molecule has 0 saturated carbocycles. The quantitative estimate of drug-likeness (QED) is 0.895. The van der Waals surface area contributed by atoms with Crippen LogP contribution in [0.2, 0.25) is 0 Å². The highest BCUT2D eigenvalue weighted by Gasteiger charge is 2.14. The van der Waals surface area contributed by atoms with E-state index in [1.165, 1.54) is 16.8 Å². The van der Waals surface area contributed by atoms with Gasteiger partial charge in [-0.1, -0.05) is 12.1 Å². The van der Waals surface area contributed by atoms with Gasteiger partial charge in [-0.3, -0.25) is 0 Å². The lowest BCUT2D eigenvalue weighted by Gasteiger charge is -2.20. The Balaban J connectivity index is 2.00. The number of rotatable bonds is 3. The summed E-state index contributed by atoms with van der Waals surface area (Å²) in [4.78, 5) is 0. The Morgan fingerprint density at radius 1 is 1.44 bits per heavy atom. The fourth-order valence-electron chi connectivity index (χ4n) is 2.41. The summed E-state index contributed by atoms with van der Waals surface area (Å²) in [6.45, 7) is 4.63. The van der Waals surface area contributed by atoms with Crippen LogP contribution in [0.4, 0.5) is 0 Å². The molecule has 4 heteroatoms. The minimum absolute atomic E-state index is 0.669. The highest BCUT2D eigenvalue weighted by atomic mass is 16.5. The van der Waals surface area contributed by atoms with Crippen molar-refractivity contribution < 1.29 is 4.74 Å². The first kappa shape index (κ1) is 11.3. The van der Waals surface area contributed by atoms with Gasteiger partial charge < -0.3 is 10.1 Å². The summed E-state index contributed by atoms with van der Waals surface area (Å²) in [5, 5.41) is 7.78. The standard InChI is InChI=1S/C14H17N3O/c1-2-18-12-9-16-17(10-12)14-5-3-4-11-8-15-7-6-13(11)14/h3-5,9-10,15H,2,6-8H2,1H3. The number of fused-ring (bicyclic) bond motifs is 1. The normalized spacial score (nSPS) is 14.3. The van der Waals surface area contributed by atoms with Gasteiger partial charge in [-0.05, 0) is 37.1 Å². The van der Waals surface area contributed by atoms with Gasteiger partial charge in [-0.2, -0.15) is 5.10 Å². The van der Waals surface area contributed by atoms with E-state index in [1.807, 2.05) is 17.8 Å². The summed E-state index contributed by atoms with van der Waals surface area (Å²) in [6, 6.07) is 6.38. The molecule has 0 saturated heterocycles. The summed E-state index contributed by atoms with van der Waals surface area (Å²) in [7, 11) is 0. The van der Waals surface area contributed by atoms with Crippen LogP contribution in [-0.4, -0.2) is 22.9 Å². The molecule has 1 aliphatic rings. The molecule has 1 N–H and O–H groups in total. The zero-order valence-electron chi connectivity index (χ0n) is 10.5. The van der Waals surface area contributed by atoms with Crippen LogP contribution in [0.3, 0.4) is 0 Å². The molecule has 1 aliphatic heterocycles. The Morgan fingerprint density at radius 2 is 2.39 bits per heavy atom. The van der Waals surface area contributed by atoms with Gasteiger partial charge in [-0.25, -0.2) is 4.68 Å². The predicted molar refractivity (Wildman–Crippen MR) is 70.1 cm³/mol. The van der Waals surface area contributed by atoms with E-state index < -0.39 is 0 Å². The second kappa shape index (κ2) is 4.82. The predicted octanol–water partition coefficient (Wildman–Crippen LogP) is 1.92. The molecule has 0 atom stereocenters. The topological polar surface area (TPSA) is 39.1 Å². The minimum Gasteiger partial charge on any atom is -0.491 e. The molecule has 3 rings (SSSR count). The van der Waals surface area contributed by atoms with E-state index in [0.29, 0.717) is 6.61 Å². The number of hydrogen-bond acceptors (Lipinski definition) is 3. The fraction of sp³-hybridized carbons (Fsp3) is 0.357. The molecule has 2 heterocycles. The van der Waals surface area contributed by atoms with E-state index in [4.69, 9.17) is 4.74 Å². The maximum atomic E-state index is 5.46. The van der Waals surface area contributed by atoms with Gasteiger partial charge in [0.05, 0.1) is 24.7 Å². The molecule has 2 aromatic rings. The molecule has 0 amide bonds. The number of hydrogen-bond donors (Lipinski definition) is 1. The maximum Gasteiger partial charge on any atom is 0.157 e. The molecule has 0 unspecified atom stereocenters. The van der Waals surface area contributed by atoms with Crippen molar-refractivity contribution in [2.45, 2.75) is 19.9 Å².